The van der Waals surface area contributed by atoms with Crippen molar-refractivity contribution in [3.8, 4) is 0 Å². The van der Waals surface area contributed by atoms with E-state index in [4.69, 9.17) is 14.3 Å². The van der Waals surface area contributed by atoms with Crippen LogP contribution in [0.15, 0.2) is 0 Å². The Bertz CT molecular complexity index is 124. The van der Waals surface area contributed by atoms with Crippen LogP contribution in [0.3, 0.4) is 0 Å². The van der Waals surface area contributed by atoms with Gasteiger partial charge in [-0.25, -0.2) is 0 Å². The van der Waals surface area contributed by atoms with E-state index in [0.717, 1.165) is 13.0 Å². The Hall–Kier alpha value is 0.600. The van der Waals surface area contributed by atoms with Gasteiger partial charge in [0.05, 0.1) is 0 Å². The summed E-state index contributed by atoms with van der Waals surface area (Å²) in [4.78, 5) is 18.2. The first-order chi connectivity index (χ1) is 6.88. The van der Waals surface area contributed by atoms with Gasteiger partial charge in [0.1, 0.15) is 0 Å². The third-order valence-corrected chi connectivity index (χ3v) is 0.408. The van der Waals surface area contributed by atoms with E-state index in [1.165, 1.54) is 0 Å². The van der Waals surface area contributed by atoms with Crippen molar-refractivity contribution < 1.29 is 45.3 Å². The van der Waals surface area contributed by atoms with Gasteiger partial charge in [0.25, 0.3) is 10.5 Å². The van der Waals surface area contributed by atoms with Gasteiger partial charge >= 0.3 is 29.6 Å². The summed E-state index contributed by atoms with van der Waals surface area (Å²) >= 11 is 6.21. The van der Waals surface area contributed by atoms with Gasteiger partial charge in [0, 0.05) is 13.7 Å². The number of methoxy groups -OCH3 is 1. The molecule has 0 heterocycles. The van der Waals surface area contributed by atoms with Crippen molar-refractivity contribution in [3.63, 3.8) is 0 Å². The molecule has 8 heteroatoms. The van der Waals surface area contributed by atoms with Crippen molar-refractivity contribution in [1.29, 1.82) is 0 Å². The third kappa shape index (κ3) is 399. The van der Waals surface area contributed by atoms with Crippen LogP contribution >= 0.6 is 25.3 Å². The summed E-state index contributed by atoms with van der Waals surface area (Å²) in [6.07, 6.45) is 1.12. The number of ether oxygens (including phenoxy) is 1. The van der Waals surface area contributed by atoms with Crippen molar-refractivity contribution in [1.82, 2.24) is 0 Å². The molecule has 16 heavy (non-hydrogen) atoms. The minimum atomic E-state index is -0.639. The molecule has 4 N–H and O–H groups in total. The maximum absolute atomic E-state index is 9.09. The Kier molecular flexibility index (Phi) is 67.7. The van der Waals surface area contributed by atoms with Crippen LogP contribution in [-0.4, -0.2) is 24.2 Å². The first-order valence-corrected chi connectivity index (χ1v) is 5.23. The van der Waals surface area contributed by atoms with E-state index in [-0.39, 0.29) is 31.0 Å². The van der Waals surface area contributed by atoms with Gasteiger partial charge in [-0.2, -0.15) is 0 Å². The second-order valence-electron chi connectivity index (χ2n) is 1.67. The molecular weight excluding hydrogens is 259 g/mol. The molecule has 0 fully saturated rings. The Morgan fingerprint density at radius 1 is 1.19 bits per heavy atom. The first-order valence-electron chi connectivity index (χ1n) is 4.34. The fraction of sp³-hybridized carbons (Fsp3) is 0.750. The number of primary amides is 2. The summed E-state index contributed by atoms with van der Waals surface area (Å²) < 4.78 is 4.69. The van der Waals surface area contributed by atoms with E-state index in [0.29, 0.717) is 0 Å². The molecule has 5 nitrogen and oxygen atoms in total. The second kappa shape index (κ2) is 36.1. The Labute approximate surface area is 133 Å². The fourth-order valence-electron chi connectivity index (χ4n) is 0.204. The van der Waals surface area contributed by atoms with Crippen molar-refractivity contribution in [3.05, 3.63) is 0 Å². The van der Waals surface area contributed by atoms with Crippen LogP contribution in [-0.2, 0) is 4.74 Å². The quantitative estimate of drug-likeness (QED) is 0.393. The zero-order chi connectivity index (χ0) is 13.3. The molecule has 0 aromatic carbocycles. The van der Waals surface area contributed by atoms with E-state index >= 15 is 0 Å². The van der Waals surface area contributed by atoms with Crippen LogP contribution < -0.4 is 41.0 Å². The van der Waals surface area contributed by atoms with Gasteiger partial charge in [-0.05, 0) is 6.42 Å². The minimum Gasteiger partial charge on any atom is -1.00 e. The number of carbonyl (C=O) groups excluding carboxylic acids is 2. The number of rotatable bonds is 2. The van der Waals surface area contributed by atoms with Gasteiger partial charge in [-0.15, -0.1) is 0 Å². The average molecular weight is 282 g/mol. The van der Waals surface area contributed by atoms with Crippen LogP contribution in [0, 0.1) is 0 Å². The topological polar surface area (TPSA) is 95.4 Å². The Balaban J connectivity index is -0.0000000237. The number of thiol groups is 2. The molecule has 0 spiro atoms. The van der Waals surface area contributed by atoms with Gasteiger partial charge in [0.2, 0.25) is 0 Å². The van der Waals surface area contributed by atoms with E-state index in [2.05, 4.69) is 43.6 Å². The molecule has 0 aliphatic rings. The van der Waals surface area contributed by atoms with Crippen molar-refractivity contribution in [2.75, 3.05) is 13.7 Å². The van der Waals surface area contributed by atoms with Crippen LogP contribution in [0.25, 0.3) is 0 Å². The number of carbonyl (C=O) groups is 2. The maximum atomic E-state index is 9.09. The van der Waals surface area contributed by atoms with Gasteiger partial charge in [-0.1, -0.05) is 46.0 Å². The predicted molar refractivity (Wildman–Crippen MR) is 71.8 cm³/mol. The summed E-state index contributed by atoms with van der Waals surface area (Å²) in [5.74, 6) is 0. The van der Waals surface area contributed by atoms with Crippen LogP contribution in [0.1, 0.15) is 28.6 Å². The fourth-order valence-corrected chi connectivity index (χ4v) is 0.204. The van der Waals surface area contributed by atoms with Gasteiger partial charge < -0.3 is 17.6 Å². The molecule has 0 aromatic rings. The standard InChI is InChI=1S/C4H10O.C2H6.2CH3NOS.Na.H/c1-3-4-5-2;1-2;2*2-1(3)4;;/h3-4H2,1-2H3;1-2H3;2*(H3,2,3,4);;/q;;;;+1;-1. The van der Waals surface area contributed by atoms with Gasteiger partial charge in [-0.3, -0.25) is 9.59 Å². The molecule has 0 aliphatic carbocycles. The van der Waals surface area contributed by atoms with Crippen molar-refractivity contribution in [2.45, 2.75) is 27.2 Å². The zero-order valence-corrected chi connectivity index (χ0v) is 14.5. The van der Waals surface area contributed by atoms with Crippen LogP contribution in [0.5, 0.6) is 0 Å². The normalized spacial score (nSPS) is 6.12. The number of hydrogen-bond acceptors (Lipinski definition) is 3. The monoisotopic (exact) mass is 282 g/mol. The Morgan fingerprint density at radius 3 is 1.38 bits per heavy atom. The molecular formula is C8H23N2NaO3S2. The number of hydrogen-bond donors (Lipinski definition) is 4. The maximum Gasteiger partial charge on any atom is 1.00 e. The summed E-state index contributed by atoms with van der Waals surface area (Å²) in [6.45, 7) is 6.98. The molecule has 96 valence electrons. The smallest absolute Gasteiger partial charge is 1.00 e. The third-order valence-electron chi connectivity index (χ3n) is 0.408. The average Bonchev–Trinajstić information content (AvgIpc) is 2.07. The molecule has 0 saturated carbocycles. The van der Waals surface area contributed by atoms with Crippen LogP contribution in [0.4, 0.5) is 9.59 Å². The molecule has 0 aromatic heterocycles. The van der Waals surface area contributed by atoms with Gasteiger partial charge in [0.15, 0.2) is 0 Å². The number of nitrogens with two attached hydrogens (primary N) is 2. The largest absolute Gasteiger partial charge is 1.00 e. The minimum absolute atomic E-state index is 0. The second-order valence-corrected chi connectivity index (χ2v) is 2.55. The summed E-state index contributed by atoms with van der Waals surface area (Å²) in [5, 5.41) is -1.28. The predicted octanol–water partition coefficient (Wildman–Crippen LogP) is -0.825. The van der Waals surface area contributed by atoms with Crippen molar-refractivity contribution in [2.24, 2.45) is 11.5 Å². The SMILES string of the molecule is CC.CCCOC.NC(=O)S.NC(=O)S.[H-].[Na+]. The molecule has 0 aliphatic heterocycles. The molecule has 0 radical (unpaired) electrons. The van der Waals surface area contributed by atoms with E-state index < -0.39 is 10.5 Å². The zero-order valence-electron chi connectivity index (χ0n) is 11.7. The first kappa shape index (κ1) is 30.0. The molecule has 0 bridgehead atoms. The molecule has 0 unspecified atom stereocenters. The van der Waals surface area contributed by atoms with E-state index in [1.54, 1.807) is 7.11 Å². The molecule has 0 atom stereocenters. The van der Waals surface area contributed by atoms with Crippen molar-refractivity contribution >= 4 is 35.7 Å². The molecule has 0 rings (SSSR count). The molecule has 2 amide bonds. The number of amides is 2. The van der Waals surface area contributed by atoms with Crippen LogP contribution in [0.2, 0.25) is 0 Å². The summed E-state index contributed by atoms with van der Waals surface area (Å²) in [6, 6.07) is 0. The summed E-state index contributed by atoms with van der Waals surface area (Å²) in [5.41, 5.74) is 8.67. The van der Waals surface area contributed by atoms with E-state index in [1.807, 2.05) is 13.8 Å². The Morgan fingerprint density at radius 2 is 1.38 bits per heavy atom. The van der Waals surface area contributed by atoms with E-state index in [9.17, 15) is 0 Å². The molecule has 0 saturated heterocycles. The summed E-state index contributed by atoms with van der Waals surface area (Å²) in [7, 11) is 1.71.